The Bertz CT molecular complexity index is 158. The smallest absolute Gasteiger partial charge is 0.0636 e. The second-order valence-electron chi connectivity index (χ2n) is 4.54. The molecule has 2 heteroatoms. The normalized spacial score (nSPS) is 42.0. The molecule has 0 unspecified atom stereocenters. The number of aliphatic hydroxyl groups excluding tert-OH is 1. The molecule has 0 aromatic rings. The summed E-state index contributed by atoms with van der Waals surface area (Å²) in [5.74, 6) is 1.93. The summed E-state index contributed by atoms with van der Waals surface area (Å²) in [7, 11) is 0. The molecule has 0 saturated heterocycles. The molecule has 4 atom stereocenters. The van der Waals surface area contributed by atoms with E-state index in [9.17, 15) is 0 Å². The van der Waals surface area contributed by atoms with Crippen molar-refractivity contribution in [1.82, 2.24) is 5.32 Å². The van der Waals surface area contributed by atoms with Crippen LogP contribution in [0.5, 0.6) is 0 Å². The van der Waals surface area contributed by atoms with E-state index < -0.39 is 0 Å². The molecule has 0 aromatic heterocycles. The minimum Gasteiger partial charge on any atom is -0.392 e. The van der Waals surface area contributed by atoms with Crippen molar-refractivity contribution in [2.75, 3.05) is 6.54 Å². The fourth-order valence-electron chi connectivity index (χ4n) is 2.82. The summed E-state index contributed by atoms with van der Waals surface area (Å²) >= 11 is 0. The maximum absolute atomic E-state index is 9.12. The fraction of sp³-hybridized carbons (Fsp3) is 1.00. The number of hydrogen-bond donors (Lipinski definition) is 2. The first-order chi connectivity index (χ1) is 5.75. The molecule has 12 heavy (non-hydrogen) atoms. The van der Waals surface area contributed by atoms with Crippen molar-refractivity contribution in [2.24, 2.45) is 11.8 Å². The van der Waals surface area contributed by atoms with Crippen LogP contribution in [0.3, 0.4) is 0 Å². The van der Waals surface area contributed by atoms with Gasteiger partial charge in [0.05, 0.1) is 6.10 Å². The van der Waals surface area contributed by atoms with Crippen LogP contribution in [0.25, 0.3) is 0 Å². The predicted octanol–water partition coefficient (Wildman–Crippen LogP) is 1.15. The first-order valence-corrected chi connectivity index (χ1v) is 5.17. The number of fused-ring (bicyclic) bond motifs is 2. The van der Waals surface area contributed by atoms with Gasteiger partial charge in [0.15, 0.2) is 0 Å². The fourth-order valence-corrected chi connectivity index (χ4v) is 2.82. The van der Waals surface area contributed by atoms with Crippen LogP contribution in [0.1, 0.15) is 32.6 Å². The Morgan fingerprint density at radius 1 is 1.42 bits per heavy atom. The molecule has 0 amide bonds. The number of nitrogens with one attached hydrogen (secondary N) is 1. The van der Waals surface area contributed by atoms with E-state index >= 15 is 0 Å². The SMILES string of the molecule is C[C@@H](O)CN[C@@H]1C[C@@H]2CC[C@@H]1C2. The maximum atomic E-state index is 9.12. The van der Waals surface area contributed by atoms with E-state index in [0.29, 0.717) is 0 Å². The lowest BCUT2D eigenvalue weighted by Crippen LogP contribution is -2.38. The third-order valence-electron chi connectivity index (χ3n) is 3.41. The Morgan fingerprint density at radius 3 is 2.75 bits per heavy atom. The maximum Gasteiger partial charge on any atom is 0.0636 e. The van der Waals surface area contributed by atoms with E-state index in [4.69, 9.17) is 5.11 Å². The molecule has 2 aliphatic carbocycles. The van der Waals surface area contributed by atoms with Crippen LogP contribution >= 0.6 is 0 Å². The summed E-state index contributed by atoms with van der Waals surface area (Å²) in [5.41, 5.74) is 0. The molecular weight excluding hydrogens is 150 g/mol. The number of rotatable bonds is 3. The van der Waals surface area contributed by atoms with Crippen LogP contribution in [0.2, 0.25) is 0 Å². The first kappa shape index (κ1) is 8.52. The summed E-state index contributed by atoms with van der Waals surface area (Å²) in [6, 6.07) is 0.721. The molecule has 2 saturated carbocycles. The van der Waals surface area contributed by atoms with Gasteiger partial charge >= 0.3 is 0 Å². The lowest BCUT2D eigenvalue weighted by molar-refractivity contribution is 0.179. The van der Waals surface area contributed by atoms with Crippen molar-refractivity contribution in [2.45, 2.75) is 44.8 Å². The zero-order chi connectivity index (χ0) is 8.55. The first-order valence-electron chi connectivity index (χ1n) is 5.17. The average molecular weight is 169 g/mol. The molecule has 2 bridgehead atoms. The van der Waals surface area contributed by atoms with Crippen LogP contribution in [-0.4, -0.2) is 23.8 Å². The van der Waals surface area contributed by atoms with Gasteiger partial charge in [0.2, 0.25) is 0 Å². The van der Waals surface area contributed by atoms with Crippen LogP contribution in [-0.2, 0) is 0 Å². The lowest BCUT2D eigenvalue weighted by Gasteiger charge is -2.23. The molecule has 2 rings (SSSR count). The molecule has 0 aliphatic heterocycles. The number of aliphatic hydroxyl groups is 1. The summed E-state index contributed by atoms with van der Waals surface area (Å²) in [6.45, 7) is 2.62. The Balaban J connectivity index is 1.76. The van der Waals surface area contributed by atoms with Crippen LogP contribution in [0.4, 0.5) is 0 Å². The molecule has 0 aromatic carbocycles. The van der Waals surface area contributed by atoms with Crippen molar-refractivity contribution >= 4 is 0 Å². The zero-order valence-electron chi connectivity index (χ0n) is 7.79. The van der Waals surface area contributed by atoms with Gasteiger partial charge in [0.25, 0.3) is 0 Å². The molecule has 2 N–H and O–H groups in total. The summed E-state index contributed by atoms with van der Waals surface area (Å²) in [5, 5.41) is 12.6. The third kappa shape index (κ3) is 1.64. The molecule has 2 aliphatic rings. The van der Waals surface area contributed by atoms with E-state index in [1.54, 1.807) is 0 Å². The van der Waals surface area contributed by atoms with Crippen molar-refractivity contribution in [3.8, 4) is 0 Å². The highest BCUT2D eigenvalue weighted by atomic mass is 16.3. The van der Waals surface area contributed by atoms with Gasteiger partial charge in [-0.2, -0.15) is 0 Å². The minimum absolute atomic E-state index is 0.191. The van der Waals surface area contributed by atoms with Gasteiger partial charge in [0.1, 0.15) is 0 Å². The Hall–Kier alpha value is -0.0800. The topological polar surface area (TPSA) is 32.3 Å². The largest absolute Gasteiger partial charge is 0.392 e. The minimum atomic E-state index is -0.191. The Labute approximate surface area is 74.4 Å². The zero-order valence-corrected chi connectivity index (χ0v) is 7.79. The quantitative estimate of drug-likeness (QED) is 0.664. The highest BCUT2D eigenvalue weighted by Crippen LogP contribution is 2.44. The van der Waals surface area contributed by atoms with Gasteiger partial charge in [-0.3, -0.25) is 0 Å². The monoisotopic (exact) mass is 169 g/mol. The number of hydrogen-bond acceptors (Lipinski definition) is 2. The van der Waals surface area contributed by atoms with Gasteiger partial charge in [-0.05, 0) is 38.0 Å². The van der Waals surface area contributed by atoms with E-state index in [1.165, 1.54) is 25.7 Å². The van der Waals surface area contributed by atoms with Crippen molar-refractivity contribution in [3.05, 3.63) is 0 Å². The van der Waals surface area contributed by atoms with E-state index in [0.717, 1.165) is 24.4 Å². The van der Waals surface area contributed by atoms with Crippen LogP contribution in [0.15, 0.2) is 0 Å². The molecule has 2 fully saturated rings. The van der Waals surface area contributed by atoms with Crippen molar-refractivity contribution < 1.29 is 5.11 Å². The summed E-state index contributed by atoms with van der Waals surface area (Å²) in [6.07, 6.45) is 5.48. The standard InChI is InChI=1S/C10H19NO/c1-7(12)6-11-10-5-8-2-3-9(10)4-8/h7-12H,2-6H2,1H3/t7-,8-,9-,10-/m1/s1. The van der Waals surface area contributed by atoms with Crippen molar-refractivity contribution in [3.63, 3.8) is 0 Å². The van der Waals surface area contributed by atoms with Gasteiger partial charge in [-0.25, -0.2) is 0 Å². The van der Waals surface area contributed by atoms with Gasteiger partial charge in [0, 0.05) is 12.6 Å². The second-order valence-corrected chi connectivity index (χ2v) is 4.54. The molecule has 0 heterocycles. The highest BCUT2D eigenvalue weighted by molar-refractivity contribution is 4.94. The summed E-state index contributed by atoms with van der Waals surface area (Å²) in [4.78, 5) is 0. The molecular formula is C10H19NO. The third-order valence-corrected chi connectivity index (χ3v) is 3.41. The molecule has 0 spiro atoms. The van der Waals surface area contributed by atoms with Gasteiger partial charge in [-0.15, -0.1) is 0 Å². The highest BCUT2D eigenvalue weighted by Gasteiger charge is 2.38. The van der Waals surface area contributed by atoms with Gasteiger partial charge in [-0.1, -0.05) is 6.42 Å². The Morgan fingerprint density at radius 2 is 2.25 bits per heavy atom. The average Bonchev–Trinajstić information content (AvgIpc) is 2.60. The van der Waals surface area contributed by atoms with Gasteiger partial charge < -0.3 is 10.4 Å². The van der Waals surface area contributed by atoms with E-state index in [1.807, 2.05) is 6.92 Å². The second kappa shape index (κ2) is 3.35. The lowest BCUT2D eigenvalue weighted by atomic mass is 9.95. The van der Waals surface area contributed by atoms with E-state index in [2.05, 4.69) is 5.32 Å². The van der Waals surface area contributed by atoms with Crippen LogP contribution < -0.4 is 5.32 Å². The molecule has 0 radical (unpaired) electrons. The van der Waals surface area contributed by atoms with Crippen LogP contribution in [0, 0.1) is 11.8 Å². The predicted molar refractivity (Wildman–Crippen MR) is 48.9 cm³/mol. The van der Waals surface area contributed by atoms with Crippen molar-refractivity contribution in [1.29, 1.82) is 0 Å². The molecule has 2 nitrogen and oxygen atoms in total. The Kier molecular flexibility index (Phi) is 2.37. The van der Waals surface area contributed by atoms with E-state index in [-0.39, 0.29) is 6.10 Å². The summed E-state index contributed by atoms with van der Waals surface area (Å²) < 4.78 is 0. The molecule has 70 valence electrons.